The standard InChI is InChI=1S/C8H18O5Si/c1-9-14(10-2,11-3)13-7-8-5-4-6-12-8/h8H,4-7H2,1-3H3. The van der Waals surface area contributed by atoms with Crippen molar-refractivity contribution in [2.45, 2.75) is 18.9 Å². The Morgan fingerprint density at radius 1 is 1.21 bits per heavy atom. The van der Waals surface area contributed by atoms with Gasteiger partial charge in [-0.15, -0.1) is 0 Å². The summed E-state index contributed by atoms with van der Waals surface area (Å²) in [6.07, 6.45) is 2.28. The molecule has 0 amide bonds. The Morgan fingerprint density at radius 3 is 2.29 bits per heavy atom. The van der Waals surface area contributed by atoms with Crippen LogP contribution in [0.15, 0.2) is 0 Å². The SMILES string of the molecule is CO[Si](OC)(OC)OCC1CCCO1. The van der Waals surface area contributed by atoms with Gasteiger partial charge in [-0.05, 0) is 12.8 Å². The van der Waals surface area contributed by atoms with Crippen molar-refractivity contribution in [2.75, 3.05) is 34.5 Å². The summed E-state index contributed by atoms with van der Waals surface area (Å²) in [6, 6.07) is 0. The molecule has 0 N–H and O–H groups in total. The molecule has 0 spiro atoms. The first-order valence-electron chi connectivity index (χ1n) is 4.67. The fourth-order valence-electron chi connectivity index (χ4n) is 1.40. The Hall–Kier alpha value is 0.0169. The van der Waals surface area contributed by atoms with Crippen molar-refractivity contribution in [1.29, 1.82) is 0 Å². The van der Waals surface area contributed by atoms with Crippen molar-refractivity contribution >= 4 is 9.05 Å². The molecular formula is C8H18O5Si. The van der Waals surface area contributed by atoms with E-state index in [0.717, 1.165) is 19.4 Å². The van der Waals surface area contributed by atoms with Gasteiger partial charge in [-0.25, -0.2) is 0 Å². The summed E-state index contributed by atoms with van der Waals surface area (Å²) in [7, 11) is 1.70. The topological polar surface area (TPSA) is 46.2 Å². The van der Waals surface area contributed by atoms with Crippen molar-refractivity contribution in [2.24, 2.45) is 0 Å². The zero-order valence-electron chi connectivity index (χ0n) is 8.95. The van der Waals surface area contributed by atoms with Gasteiger partial charge in [0.2, 0.25) is 0 Å². The first kappa shape index (κ1) is 12.1. The molecule has 0 aliphatic carbocycles. The highest BCUT2D eigenvalue weighted by Gasteiger charge is 2.43. The number of ether oxygens (including phenoxy) is 1. The quantitative estimate of drug-likeness (QED) is 0.614. The lowest BCUT2D eigenvalue weighted by Gasteiger charge is -2.24. The maximum atomic E-state index is 5.51. The monoisotopic (exact) mass is 222 g/mol. The average molecular weight is 222 g/mol. The molecule has 14 heavy (non-hydrogen) atoms. The number of rotatable bonds is 6. The van der Waals surface area contributed by atoms with Crippen LogP contribution in [0, 0.1) is 0 Å². The van der Waals surface area contributed by atoms with Gasteiger partial charge in [0.25, 0.3) is 0 Å². The lowest BCUT2D eigenvalue weighted by atomic mass is 10.2. The molecule has 6 heteroatoms. The molecule has 1 aliphatic rings. The maximum Gasteiger partial charge on any atom is 0.678 e. The fourth-order valence-corrected chi connectivity index (χ4v) is 2.64. The summed E-state index contributed by atoms with van der Waals surface area (Å²) in [5.74, 6) is 0. The minimum absolute atomic E-state index is 0.155. The second-order valence-corrected chi connectivity index (χ2v) is 5.57. The molecule has 1 rings (SSSR count). The van der Waals surface area contributed by atoms with Crippen LogP contribution in [0.4, 0.5) is 0 Å². The third-order valence-electron chi connectivity index (χ3n) is 2.22. The van der Waals surface area contributed by atoms with Gasteiger partial charge in [0, 0.05) is 27.9 Å². The minimum atomic E-state index is -2.86. The van der Waals surface area contributed by atoms with Crippen molar-refractivity contribution in [3.05, 3.63) is 0 Å². The number of hydrogen-bond donors (Lipinski definition) is 0. The van der Waals surface area contributed by atoms with Gasteiger partial charge in [0.1, 0.15) is 0 Å². The van der Waals surface area contributed by atoms with Gasteiger partial charge in [-0.1, -0.05) is 0 Å². The summed E-state index contributed by atoms with van der Waals surface area (Å²) in [4.78, 5) is 0. The third kappa shape index (κ3) is 3.01. The zero-order valence-corrected chi connectivity index (χ0v) is 9.95. The van der Waals surface area contributed by atoms with Crippen LogP contribution in [-0.2, 0) is 22.4 Å². The van der Waals surface area contributed by atoms with Crippen LogP contribution in [0.3, 0.4) is 0 Å². The van der Waals surface area contributed by atoms with E-state index < -0.39 is 9.05 Å². The average Bonchev–Trinajstić information content (AvgIpc) is 2.74. The van der Waals surface area contributed by atoms with E-state index in [0.29, 0.717) is 6.61 Å². The lowest BCUT2D eigenvalue weighted by Crippen LogP contribution is -2.47. The Labute approximate surface area is 85.7 Å². The molecule has 1 saturated heterocycles. The molecule has 0 saturated carbocycles. The van der Waals surface area contributed by atoms with E-state index in [-0.39, 0.29) is 6.10 Å². The normalized spacial score (nSPS) is 22.9. The van der Waals surface area contributed by atoms with Crippen LogP contribution < -0.4 is 0 Å². The molecular weight excluding hydrogens is 204 g/mol. The molecule has 0 radical (unpaired) electrons. The van der Waals surface area contributed by atoms with Gasteiger partial charge < -0.3 is 22.4 Å². The molecule has 0 aromatic heterocycles. The molecule has 1 fully saturated rings. The van der Waals surface area contributed by atoms with Crippen molar-refractivity contribution in [3.63, 3.8) is 0 Å². The molecule has 1 unspecified atom stereocenters. The Bertz CT molecular complexity index is 148. The second-order valence-electron chi connectivity index (χ2n) is 3.06. The maximum absolute atomic E-state index is 5.51. The highest BCUT2D eigenvalue weighted by molar-refractivity contribution is 6.53. The Morgan fingerprint density at radius 2 is 1.86 bits per heavy atom. The van der Waals surface area contributed by atoms with E-state index >= 15 is 0 Å². The molecule has 0 bridgehead atoms. The first-order chi connectivity index (χ1) is 6.76. The Balaban J connectivity index is 2.31. The third-order valence-corrected chi connectivity index (χ3v) is 4.24. The van der Waals surface area contributed by atoms with Crippen LogP contribution in [0.2, 0.25) is 0 Å². The van der Waals surface area contributed by atoms with Gasteiger partial charge in [-0.2, -0.15) is 0 Å². The van der Waals surface area contributed by atoms with Crippen molar-refractivity contribution in [3.8, 4) is 0 Å². The fraction of sp³-hybridized carbons (Fsp3) is 1.00. The Kier molecular flexibility index (Phi) is 5.00. The van der Waals surface area contributed by atoms with E-state index in [2.05, 4.69) is 0 Å². The van der Waals surface area contributed by atoms with Crippen molar-refractivity contribution in [1.82, 2.24) is 0 Å². The summed E-state index contributed by atoms with van der Waals surface area (Å²) in [6.45, 7) is 1.29. The number of hydrogen-bond acceptors (Lipinski definition) is 5. The van der Waals surface area contributed by atoms with Gasteiger partial charge in [0.05, 0.1) is 12.7 Å². The highest BCUT2D eigenvalue weighted by atomic mass is 28.4. The summed E-state index contributed by atoms with van der Waals surface area (Å²) in [5, 5.41) is 0. The molecule has 1 atom stereocenters. The molecule has 1 heterocycles. The van der Waals surface area contributed by atoms with Gasteiger partial charge >= 0.3 is 9.05 Å². The second kappa shape index (κ2) is 5.79. The minimum Gasteiger partial charge on any atom is -0.376 e. The van der Waals surface area contributed by atoms with Crippen LogP contribution in [0.5, 0.6) is 0 Å². The summed E-state index contributed by atoms with van der Waals surface area (Å²) < 4.78 is 26.3. The molecule has 0 aromatic rings. The smallest absolute Gasteiger partial charge is 0.376 e. The van der Waals surface area contributed by atoms with E-state index in [4.69, 9.17) is 22.4 Å². The largest absolute Gasteiger partial charge is 0.678 e. The van der Waals surface area contributed by atoms with E-state index in [1.165, 1.54) is 21.3 Å². The molecule has 5 nitrogen and oxygen atoms in total. The summed E-state index contributed by atoms with van der Waals surface area (Å²) in [5.41, 5.74) is 0. The highest BCUT2D eigenvalue weighted by Crippen LogP contribution is 2.15. The first-order valence-corrected chi connectivity index (χ1v) is 6.30. The molecule has 0 aromatic carbocycles. The van der Waals surface area contributed by atoms with Crippen LogP contribution in [0.25, 0.3) is 0 Å². The predicted octanol–water partition coefficient (Wildman–Crippen LogP) is 0.557. The lowest BCUT2D eigenvalue weighted by molar-refractivity contribution is -0.0256. The van der Waals surface area contributed by atoms with Crippen LogP contribution >= 0.6 is 0 Å². The summed E-state index contributed by atoms with van der Waals surface area (Å²) >= 11 is 0. The van der Waals surface area contributed by atoms with Crippen LogP contribution in [0.1, 0.15) is 12.8 Å². The van der Waals surface area contributed by atoms with Gasteiger partial charge in [0.15, 0.2) is 0 Å². The molecule has 84 valence electrons. The van der Waals surface area contributed by atoms with Crippen LogP contribution in [-0.4, -0.2) is 49.7 Å². The van der Waals surface area contributed by atoms with Gasteiger partial charge in [-0.3, -0.25) is 0 Å². The van der Waals surface area contributed by atoms with E-state index in [1.807, 2.05) is 0 Å². The van der Waals surface area contributed by atoms with E-state index in [1.54, 1.807) is 0 Å². The predicted molar refractivity (Wildman–Crippen MR) is 51.7 cm³/mol. The van der Waals surface area contributed by atoms with E-state index in [9.17, 15) is 0 Å². The van der Waals surface area contributed by atoms with Crippen molar-refractivity contribution < 1.29 is 22.4 Å². The zero-order chi connectivity index (χ0) is 10.4. The molecule has 1 aliphatic heterocycles.